The van der Waals surface area contributed by atoms with Crippen molar-refractivity contribution in [2.24, 2.45) is 0 Å². The summed E-state index contributed by atoms with van der Waals surface area (Å²) in [6, 6.07) is 4.89. The molecule has 0 aliphatic rings. The van der Waals surface area contributed by atoms with Gasteiger partial charge in [0.2, 0.25) is 0 Å². The summed E-state index contributed by atoms with van der Waals surface area (Å²) in [5, 5.41) is 10.4. The Kier molecular flexibility index (Phi) is 3.24. The molecular weight excluding hydrogens is 283 g/mol. The molecule has 0 aliphatic carbocycles. The number of hydrogen-bond acceptors (Lipinski definition) is 4. The second kappa shape index (κ2) is 4.52. The lowest BCUT2D eigenvalue weighted by Crippen LogP contribution is -2.00. The fourth-order valence-corrected chi connectivity index (χ4v) is 2.62. The number of nitrogens with zero attached hydrogens (tertiary/aromatic N) is 1. The van der Waals surface area contributed by atoms with Crippen LogP contribution in [-0.4, -0.2) is 16.1 Å². The molecular formula is C10H6Cl2N2O2S. The number of aromatic carboxylic acids is 1. The summed E-state index contributed by atoms with van der Waals surface area (Å²) in [5.41, 5.74) is 6.06. The first-order valence-electron chi connectivity index (χ1n) is 4.43. The Bertz CT molecular complexity index is 578. The van der Waals surface area contributed by atoms with Gasteiger partial charge in [-0.3, -0.25) is 0 Å². The number of nitrogens with two attached hydrogens (primary N) is 1. The van der Waals surface area contributed by atoms with Gasteiger partial charge in [0.05, 0.1) is 0 Å². The smallest absolute Gasteiger partial charge is 0.357 e. The van der Waals surface area contributed by atoms with Crippen LogP contribution in [-0.2, 0) is 0 Å². The quantitative estimate of drug-likeness (QED) is 0.888. The maximum Gasteiger partial charge on any atom is 0.357 e. The summed E-state index contributed by atoms with van der Waals surface area (Å²) < 4.78 is 0. The highest BCUT2D eigenvalue weighted by molar-refractivity contribution is 7.19. The number of thiazole rings is 1. The number of halogens is 2. The number of aromatic nitrogens is 1. The lowest BCUT2D eigenvalue weighted by molar-refractivity contribution is 0.0692. The van der Waals surface area contributed by atoms with Crippen molar-refractivity contribution in [1.82, 2.24) is 4.98 Å². The summed E-state index contributed by atoms with van der Waals surface area (Å²) in [6.07, 6.45) is 0. The second-order valence-corrected chi connectivity index (χ2v) is 5.10. The minimum atomic E-state index is -1.15. The van der Waals surface area contributed by atoms with Crippen LogP contribution in [0.3, 0.4) is 0 Å². The number of benzene rings is 1. The second-order valence-electron chi connectivity index (χ2n) is 3.20. The Morgan fingerprint density at radius 1 is 1.29 bits per heavy atom. The summed E-state index contributed by atoms with van der Waals surface area (Å²) in [7, 11) is 0. The molecule has 0 amide bonds. The first kappa shape index (κ1) is 12.2. The van der Waals surface area contributed by atoms with Crippen molar-refractivity contribution in [3.63, 3.8) is 0 Å². The number of anilines is 1. The number of carboxylic acid groups (broad SMARTS) is 1. The Balaban J connectivity index is 2.53. The molecule has 0 fully saturated rings. The van der Waals surface area contributed by atoms with E-state index >= 15 is 0 Å². The SMILES string of the molecule is Nc1sc(-c2cc(Cl)cc(Cl)c2)nc1C(=O)O. The summed E-state index contributed by atoms with van der Waals surface area (Å²) in [4.78, 5) is 14.8. The molecule has 1 heterocycles. The van der Waals surface area contributed by atoms with E-state index in [9.17, 15) is 4.79 Å². The van der Waals surface area contributed by atoms with Crippen LogP contribution >= 0.6 is 34.5 Å². The third kappa shape index (κ3) is 2.52. The number of nitrogen functional groups attached to an aromatic ring is 1. The van der Waals surface area contributed by atoms with Crippen LogP contribution in [0.15, 0.2) is 18.2 Å². The van der Waals surface area contributed by atoms with E-state index in [1.54, 1.807) is 18.2 Å². The largest absolute Gasteiger partial charge is 0.476 e. The predicted molar refractivity (Wildman–Crippen MR) is 68.9 cm³/mol. The van der Waals surface area contributed by atoms with Crippen molar-refractivity contribution < 1.29 is 9.90 Å². The number of carboxylic acids is 1. The normalized spacial score (nSPS) is 10.5. The van der Waals surface area contributed by atoms with Crippen molar-refractivity contribution in [3.8, 4) is 10.6 Å². The van der Waals surface area contributed by atoms with Gasteiger partial charge in [0.1, 0.15) is 10.0 Å². The zero-order chi connectivity index (χ0) is 12.6. The Hall–Kier alpha value is -1.30. The topological polar surface area (TPSA) is 76.2 Å². The van der Waals surface area contributed by atoms with E-state index in [1.807, 2.05) is 0 Å². The molecule has 0 aliphatic heterocycles. The molecule has 1 aromatic carbocycles. The van der Waals surface area contributed by atoms with E-state index in [0.717, 1.165) is 11.3 Å². The zero-order valence-electron chi connectivity index (χ0n) is 8.28. The Morgan fingerprint density at radius 3 is 2.35 bits per heavy atom. The molecule has 2 rings (SSSR count). The maximum absolute atomic E-state index is 10.8. The van der Waals surface area contributed by atoms with E-state index < -0.39 is 5.97 Å². The van der Waals surface area contributed by atoms with Gasteiger partial charge in [-0.15, -0.1) is 0 Å². The molecule has 0 radical (unpaired) electrons. The van der Waals surface area contributed by atoms with Crippen LogP contribution < -0.4 is 5.73 Å². The molecule has 88 valence electrons. The van der Waals surface area contributed by atoms with Crippen LogP contribution in [0, 0.1) is 0 Å². The summed E-state index contributed by atoms with van der Waals surface area (Å²) >= 11 is 12.8. The number of rotatable bonds is 2. The van der Waals surface area contributed by atoms with E-state index in [4.69, 9.17) is 34.0 Å². The van der Waals surface area contributed by atoms with E-state index in [-0.39, 0.29) is 10.7 Å². The highest BCUT2D eigenvalue weighted by Gasteiger charge is 2.16. The van der Waals surface area contributed by atoms with Crippen LogP contribution in [0.4, 0.5) is 5.00 Å². The van der Waals surface area contributed by atoms with Crippen LogP contribution in [0.1, 0.15) is 10.5 Å². The minimum Gasteiger partial charge on any atom is -0.476 e. The molecule has 4 nitrogen and oxygen atoms in total. The zero-order valence-corrected chi connectivity index (χ0v) is 10.6. The Labute approximate surface area is 111 Å². The standard InChI is InChI=1S/C10H6Cl2N2O2S/c11-5-1-4(2-6(12)3-5)9-14-7(10(15)16)8(13)17-9/h1-3H,13H2,(H,15,16). The first-order valence-corrected chi connectivity index (χ1v) is 6.00. The predicted octanol–water partition coefficient (Wildman–Crippen LogP) is 3.40. The van der Waals surface area contributed by atoms with Crippen LogP contribution in [0.5, 0.6) is 0 Å². The first-order chi connectivity index (χ1) is 7.97. The van der Waals surface area contributed by atoms with Crippen molar-refractivity contribution in [2.75, 3.05) is 5.73 Å². The monoisotopic (exact) mass is 288 g/mol. The lowest BCUT2D eigenvalue weighted by Gasteiger charge is -1.98. The van der Waals surface area contributed by atoms with Gasteiger partial charge in [-0.1, -0.05) is 34.5 Å². The fraction of sp³-hybridized carbons (Fsp3) is 0. The molecule has 7 heteroatoms. The van der Waals surface area contributed by atoms with E-state index in [1.165, 1.54) is 0 Å². The van der Waals surface area contributed by atoms with Crippen molar-refractivity contribution in [1.29, 1.82) is 0 Å². The molecule has 0 saturated carbocycles. The van der Waals surface area contributed by atoms with Crippen molar-refractivity contribution in [2.45, 2.75) is 0 Å². The average Bonchev–Trinajstić information content (AvgIpc) is 2.59. The number of carbonyl (C=O) groups is 1. The Morgan fingerprint density at radius 2 is 1.88 bits per heavy atom. The van der Waals surface area contributed by atoms with Gasteiger partial charge in [-0.25, -0.2) is 9.78 Å². The van der Waals surface area contributed by atoms with Gasteiger partial charge in [0, 0.05) is 15.6 Å². The van der Waals surface area contributed by atoms with Crippen LogP contribution in [0.2, 0.25) is 10.0 Å². The molecule has 0 bridgehead atoms. The van der Waals surface area contributed by atoms with E-state index in [2.05, 4.69) is 4.98 Å². The third-order valence-corrected chi connectivity index (χ3v) is 3.34. The molecule has 3 N–H and O–H groups in total. The molecule has 0 unspecified atom stereocenters. The van der Waals surface area contributed by atoms with Crippen molar-refractivity contribution >= 4 is 45.5 Å². The number of hydrogen-bond donors (Lipinski definition) is 2. The van der Waals surface area contributed by atoms with Crippen molar-refractivity contribution in [3.05, 3.63) is 33.9 Å². The molecule has 1 aromatic heterocycles. The van der Waals surface area contributed by atoms with Gasteiger partial charge < -0.3 is 10.8 Å². The molecule has 0 spiro atoms. The van der Waals surface area contributed by atoms with Crippen LogP contribution in [0.25, 0.3) is 10.6 Å². The molecule has 2 aromatic rings. The fourth-order valence-electron chi connectivity index (χ4n) is 1.29. The molecule has 0 saturated heterocycles. The van der Waals surface area contributed by atoms with Gasteiger partial charge in [0.15, 0.2) is 5.69 Å². The van der Waals surface area contributed by atoms with E-state index in [0.29, 0.717) is 20.6 Å². The lowest BCUT2D eigenvalue weighted by atomic mass is 10.2. The molecule has 0 atom stereocenters. The summed E-state index contributed by atoms with van der Waals surface area (Å²) in [6.45, 7) is 0. The van der Waals surface area contributed by atoms with Gasteiger partial charge in [-0.05, 0) is 18.2 Å². The summed E-state index contributed by atoms with van der Waals surface area (Å²) in [5.74, 6) is -1.15. The maximum atomic E-state index is 10.8. The minimum absolute atomic E-state index is 0.152. The third-order valence-electron chi connectivity index (χ3n) is 1.97. The average molecular weight is 289 g/mol. The van der Waals surface area contributed by atoms with Gasteiger partial charge in [-0.2, -0.15) is 0 Å². The van der Waals surface area contributed by atoms with Gasteiger partial charge in [0.25, 0.3) is 0 Å². The highest BCUT2D eigenvalue weighted by atomic mass is 35.5. The molecule has 17 heavy (non-hydrogen) atoms. The van der Waals surface area contributed by atoms with Gasteiger partial charge >= 0.3 is 5.97 Å². The highest BCUT2D eigenvalue weighted by Crippen LogP contribution is 2.33.